The van der Waals surface area contributed by atoms with Crippen molar-refractivity contribution in [2.75, 3.05) is 0 Å². The summed E-state index contributed by atoms with van der Waals surface area (Å²) < 4.78 is 13.3. The van der Waals surface area contributed by atoms with Crippen molar-refractivity contribution in [1.29, 1.82) is 0 Å². The van der Waals surface area contributed by atoms with Crippen molar-refractivity contribution >= 4 is 5.78 Å². The lowest BCUT2D eigenvalue weighted by molar-refractivity contribution is 0.103. The van der Waals surface area contributed by atoms with Gasteiger partial charge < -0.3 is 0 Å². The minimum absolute atomic E-state index is 0.0947. The van der Waals surface area contributed by atoms with E-state index in [2.05, 4.69) is 0 Å². The number of ketones is 1. The number of rotatable bonds is 3. The molecule has 0 aromatic heterocycles. The fourth-order valence-electron chi connectivity index (χ4n) is 2.40. The zero-order chi connectivity index (χ0) is 15.5. The van der Waals surface area contributed by atoms with Gasteiger partial charge in [-0.3, -0.25) is 4.79 Å². The molecule has 0 aliphatic carbocycles. The molecule has 0 atom stereocenters. The van der Waals surface area contributed by atoms with Gasteiger partial charge in [-0.25, -0.2) is 4.39 Å². The van der Waals surface area contributed by atoms with Gasteiger partial charge in [0.25, 0.3) is 0 Å². The van der Waals surface area contributed by atoms with E-state index in [-0.39, 0.29) is 11.6 Å². The Morgan fingerprint density at radius 3 is 2.00 bits per heavy atom. The third kappa shape index (κ3) is 2.82. The Kier molecular flexibility index (Phi) is 3.84. The van der Waals surface area contributed by atoms with E-state index in [0.717, 1.165) is 11.1 Å². The zero-order valence-corrected chi connectivity index (χ0v) is 12.2. The molecule has 2 heteroatoms. The molecular formula is C20H15FO. The monoisotopic (exact) mass is 290 g/mol. The van der Waals surface area contributed by atoms with Crippen molar-refractivity contribution in [1.82, 2.24) is 0 Å². The predicted molar refractivity (Wildman–Crippen MR) is 86.4 cm³/mol. The van der Waals surface area contributed by atoms with E-state index in [0.29, 0.717) is 16.7 Å². The Morgan fingerprint density at radius 2 is 1.36 bits per heavy atom. The molecule has 0 N–H and O–H groups in total. The molecule has 0 spiro atoms. The van der Waals surface area contributed by atoms with Crippen molar-refractivity contribution in [3.05, 3.63) is 95.3 Å². The molecule has 108 valence electrons. The summed E-state index contributed by atoms with van der Waals surface area (Å²) in [7, 11) is 0. The summed E-state index contributed by atoms with van der Waals surface area (Å²) in [6, 6.07) is 21.9. The van der Waals surface area contributed by atoms with Crippen LogP contribution in [-0.2, 0) is 0 Å². The van der Waals surface area contributed by atoms with Gasteiger partial charge in [-0.15, -0.1) is 0 Å². The highest BCUT2D eigenvalue weighted by atomic mass is 19.1. The van der Waals surface area contributed by atoms with Crippen LogP contribution < -0.4 is 0 Å². The third-order valence-electron chi connectivity index (χ3n) is 3.67. The highest BCUT2D eigenvalue weighted by molar-refractivity contribution is 6.09. The van der Waals surface area contributed by atoms with E-state index in [9.17, 15) is 9.18 Å². The number of aryl methyl sites for hydroxylation is 1. The molecule has 0 amide bonds. The number of hydrogen-bond acceptors (Lipinski definition) is 1. The molecule has 0 aliphatic rings. The zero-order valence-electron chi connectivity index (χ0n) is 12.2. The van der Waals surface area contributed by atoms with E-state index in [1.165, 1.54) is 12.1 Å². The van der Waals surface area contributed by atoms with Gasteiger partial charge in [0.15, 0.2) is 5.78 Å². The van der Waals surface area contributed by atoms with Gasteiger partial charge in [0.2, 0.25) is 0 Å². The molecule has 0 bridgehead atoms. The number of hydrogen-bond donors (Lipinski definition) is 0. The van der Waals surface area contributed by atoms with Crippen LogP contribution in [-0.4, -0.2) is 5.78 Å². The summed E-state index contributed by atoms with van der Waals surface area (Å²) in [5.41, 5.74) is 3.76. The number of carbonyl (C=O) groups is 1. The Balaban J connectivity index is 1.89. The van der Waals surface area contributed by atoms with Crippen LogP contribution in [0.15, 0.2) is 72.8 Å². The van der Waals surface area contributed by atoms with E-state index in [1.54, 1.807) is 13.0 Å². The number of carbonyl (C=O) groups excluding carboxylic acids is 1. The Bertz CT molecular complexity index is 805. The molecule has 0 fully saturated rings. The molecule has 22 heavy (non-hydrogen) atoms. The first-order valence-corrected chi connectivity index (χ1v) is 7.11. The molecule has 0 radical (unpaired) electrons. The van der Waals surface area contributed by atoms with Crippen LogP contribution >= 0.6 is 0 Å². The Morgan fingerprint density at radius 1 is 0.773 bits per heavy atom. The average molecular weight is 290 g/mol. The second kappa shape index (κ2) is 5.94. The first-order valence-electron chi connectivity index (χ1n) is 7.11. The quantitative estimate of drug-likeness (QED) is 0.618. The molecule has 0 aliphatic heterocycles. The minimum Gasteiger partial charge on any atom is -0.289 e. The van der Waals surface area contributed by atoms with E-state index < -0.39 is 0 Å². The lowest BCUT2D eigenvalue weighted by Gasteiger charge is -2.05. The maximum absolute atomic E-state index is 13.3. The molecule has 0 saturated carbocycles. The van der Waals surface area contributed by atoms with Crippen LogP contribution in [0.2, 0.25) is 0 Å². The van der Waals surface area contributed by atoms with Crippen LogP contribution in [0.1, 0.15) is 21.5 Å². The third-order valence-corrected chi connectivity index (χ3v) is 3.67. The largest absolute Gasteiger partial charge is 0.289 e. The van der Waals surface area contributed by atoms with Crippen LogP contribution in [0, 0.1) is 12.7 Å². The van der Waals surface area contributed by atoms with E-state index >= 15 is 0 Å². The molecule has 0 saturated heterocycles. The maximum atomic E-state index is 13.3. The fourth-order valence-corrected chi connectivity index (χ4v) is 2.40. The minimum atomic E-state index is -0.295. The molecule has 1 nitrogen and oxygen atoms in total. The van der Waals surface area contributed by atoms with Crippen molar-refractivity contribution in [3.8, 4) is 11.1 Å². The normalized spacial score (nSPS) is 10.5. The summed E-state index contributed by atoms with van der Waals surface area (Å²) >= 11 is 0. The van der Waals surface area contributed by atoms with Gasteiger partial charge in [-0.1, -0.05) is 54.6 Å². The topological polar surface area (TPSA) is 17.1 Å². The molecule has 3 rings (SSSR count). The molecular weight excluding hydrogens is 275 g/mol. The highest BCUT2D eigenvalue weighted by Crippen LogP contribution is 2.21. The standard InChI is InChI=1S/C20H15FO/c1-14-13-18(11-12-19(14)21)20(22)17-9-7-16(8-10-17)15-5-3-2-4-6-15/h2-13H,1H3. The summed E-state index contributed by atoms with van der Waals surface area (Å²) in [6.07, 6.45) is 0. The first-order chi connectivity index (χ1) is 10.6. The van der Waals surface area contributed by atoms with Crippen molar-refractivity contribution in [2.45, 2.75) is 6.92 Å². The van der Waals surface area contributed by atoms with Gasteiger partial charge in [0, 0.05) is 11.1 Å². The van der Waals surface area contributed by atoms with E-state index in [1.807, 2.05) is 54.6 Å². The van der Waals surface area contributed by atoms with Gasteiger partial charge >= 0.3 is 0 Å². The second-order valence-corrected chi connectivity index (χ2v) is 5.24. The predicted octanol–water partition coefficient (Wildman–Crippen LogP) is 5.03. The van der Waals surface area contributed by atoms with Crippen LogP contribution in [0.25, 0.3) is 11.1 Å². The molecule has 3 aromatic rings. The highest BCUT2D eigenvalue weighted by Gasteiger charge is 2.10. The lowest BCUT2D eigenvalue weighted by atomic mass is 9.98. The van der Waals surface area contributed by atoms with Crippen LogP contribution in [0.3, 0.4) is 0 Å². The SMILES string of the molecule is Cc1cc(C(=O)c2ccc(-c3ccccc3)cc2)ccc1F. The second-order valence-electron chi connectivity index (χ2n) is 5.24. The number of benzene rings is 3. The van der Waals surface area contributed by atoms with Gasteiger partial charge in [0.1, 0.15) is 5.82 Å². The Hall–Kier alpha value is -2.74. The van der Waals surface area contributed by atoms with Gasteiger partial charge in [0.05, 0.1) is 0 Å². The first kappa shape index (κ1) is 14.2. The van der Waals surface area contributed by atoms with Crippen LogP contribution in [0.4, 0.5) is 4.39 Å². The van der Waals surface area contributed by atoms with Crippen molar-refractivity contribution in [3.63, 3.8) is 0 Å². The average Bonchev–Trinajstić information content (AvgIpc) is 2.58. The smallest absolute Gasteiger partial charge is 0.193 e. The summed E-state index contributed by atoms with van der Waals surface area (Å²) in [5, 5.41) is 0. The summed E-state index contributed by atoms with van der Waals surface area (Å²) in [5.74, 6) is -0.390. The number of halogens is 1. The van der Waals surface area contributed by atoms with Gasteiger partial charge in [-0.05, 0) is 41.8 Å². The summed E-state index contributed by atoms with van der Waals surface area (Å²) in [6.45, 7) is 1.66. The van der Waals surface area contributed by atoms with Crippen molar-refractivity contribution < 1.29 is 9.18 Å². The van der Waals surface area contributed by atoms with Crippen molar-refractivity contribution in [2.24, 2.45) is 0 Å². The Labute approximate surface area is 129 Å². The van der Waals surface area contributed by atoms with E-state index in [4.69, 9.17) is 0 Å². The maximum Gasteiger partial charge on any atom is 0.193 e. The molecule has 0 heterocycles. The fraction of sp³-hybridized carbons (Fsp3) is 0.0500. The summed E-state index contributed by atoms with van der Waals surface area (Å²) in [4.78, 5) is 12.4. The molecule has 0 unspecified atom stereocenters. The van der Waals surface area contributed by atoms with Crippen LogP contribution in [0.5, 0.6) is 0 Å². The van der Waals surface area contributed by atoms with Gasteiger partial charge in [-0.2, -0.15) is 0 Å². The lowest BCUT2D eigenvalue weighted by Crippen LogP contribution is -2.02. The molecule has 3 aromatic carbocycles.